The highest BCUT2D eigenvalue weighted by Crippen LogP contribution is 2.45. The average Bonchev–Trinajstić information content (AvgIpc) is 3.96. The summed E-state index contributed by atoms with van der Waals surface area (Å²) in [5, 5.41) is 6.95. The van der Waals surface area contributed by atoms with Crippen molar-refractivity contribution < 1.29 is 8.83 Å². The van der Waals surface area contributed by atoms with Crippen molar-refractivity contribution in [2.45, 2.75) is 0 Å². The Morgan fingerprint density at radius 3 is 1.52 bits per heavy atom. The SMILES string of the molecule is c1ccc2c(-c3ccc(-c4ccc5c(-c6ccnc(-c7ncco7)c6)c6ccccc6c(-c6ccnc(-c7ncco7)c6)c5c4)cc3)cccc2c1. The Morgan fingerprint density at radius 2 is 0.885 bits per heavy atom. The number of fused-ring (bicyclic) bond motifs is 3. The van der Waals surface area contributed by atoms with Gasteiger partial charge in [-0.2, -0.15) is 0 Å². The lowest BCUT2D eigenvalue weighted by atomic mass is 9.85. The Labute approximate surface area is 298 Å². The standard InChI is InChI=1S/C46H28N4O2/c1-2-8-35-30(6-1)7-5-11-36(35)31-14-12-29(13-15-31)32-16-17-39-40(26-32)44(34-19-21-48-42(28-34)46-50-23-25-52-46)38-10-4-3-9-37(38)43(39)33-18-20-47-41(27-33)45-49-22-24-51-45/h1-28H. The van der Waals surface area contributed by atoms with Gasteiger partial charge in [0.1, 0.15) is 23.9 Å². The third kappa shape index (κ3) is 5.05. The van der Waals surface area contributed by atoms with E-state index in [4.69, 9.17) is 8.83 Å². The van der Waals surface area contributed by atoms with Crippen molar-refractivity contribution >= 4 is 32.3 Å². The van der Waals surface area contributed by atoms with Crippen LogP contribution in [-0.2, 0) is 0 Å². The van der Waals surface area contributed by atoms with Gasteiger partial charge >= 0.3 is 0 Å². The molecule has 0 spiro atoms. The number of hydrogen-bond acceptors (Lipinski definition) is 6. The van der Waals surface area contributed by atoms with Crippen molar-refractivity contribution in [3.8, 4) is 67.7 Å². The molecule has 52 heavy (non-hydrogen) atoms. The zero-order valence-corrected chi connectivity index (χ0v) is 27.8. The number of hydrogen-bond donors (Lipinski definition) is 0. The second kappa shape index (κ2) is 12.3. The van der Waals surface area contributed by atoms with Gasteiger partial charge in [0.05, 0.1) is 12.4 Å². The van der Waals surface area contributed by atoms with E-state index in [2.05, 4.69) is 153 Å². The molecule has 6 nitrogen and oxygen atoms in total. The van der Waals surface area contributed by atoms with Crippen LogP contribution in [0.4, 0.5) is 0 Å². The molecule has 0 N–H and O–H groups in total. The molecule has 0 saturated heterocycles. The fourth-order valence-electron chi connectivity index (χ4n) is 7.41. The van der Waals surface area contributed by atoms with Crippen LogP contribution in [0.2, 0.25) is 0 Å². The van der Waals surface area contributed by atoms with Crippen molar-refractivity contribution in [1.82, 2.24) is 19.9 Å². The second-order valence-corrected chi connectivity index (χ2v) is 12.7. The Balaban J connectivity index is 1.20. The van der Waals surface area contributed by atoms with E-state index in [9.17, 15) is 0 Å². The number of nitrogens with zero attached hydrogens (tertiary/aromatic N) is 4. The molecule has 10 rings (SSSR count). The Bertz CT molecular complexity index is 2890. The lowest BCUT2D eigenvalue weighted by Gasteiger charge is -2.19. The predicted molar refractivity (Wildman–Crippen MR) is 207 cm³/mol. The summed E-state index contributed by atoms with van der Waals surface area (Å²) in [5.41, 5.74) is 10.3. The van der Waals surface area contributed by atoms with Crippen LogP contribution in [0.3, 0.4) is 0 Å². The first-order valence-corrected chi connectivity index (χ1v) is 17.1. The van der Waals surface area contributed by atoms with Gasteiger partial charge in [0, 0.05) is 12.4 Å². The van der Waals surface area contributed by atoms with Gasteiger partial charge in [0.25, 0.3) is 0 Å². The third-order valence-electron chi connectivity index (χ3n) is 9.74. The maximum atomic E-state index is 5.65. The van der Waals surface area contributed by atoms with Gasteiger partial charge in [-0.05, 0) is 107 Å². The van der Waals surface area contributed by atoms with Gasteiger partial charge in [0.2, 0.25) is 11.8 Å². The monoisotopic (exact) mass is 668 g/mol. The summed E-state index contributed by atoms with van der Waals surface area (Å²) in [4.78, 5) is 17.9. The molecule has 0 aliphatic heterocycles. The van der Waals surface area contributed by atoms with Gasteiger partial charge in [-0.15, -0.1) is 0 Å². The predicted octanol–water partition coefficient (Wildman–Crippen LogP) is 11.9. The molecule has 0 saturated carbocycles. The Morgan fingerprint density at radius 1 is 0.346 bits per heavy atom. The zero-order valence-electron chi connectivity index (χ0n) is 27.8. The molecule has 0 aliphatic carbocycles. The van der Waals surface area contributed by atoms with Gasteiger partial charge in [-0.3, -0.25) is 9.97 Å². The summed E-state index contributed by atoms with van der Waals surface area (Å²) in [6.07, 6.45) is 10.1. The van der Waals surface area contributed by atoms with Crippen LogP contribution in [0, 0.1) is 0 Å². The van der Waals surface area contributed by atoms with Crippen molar-refractivity contribution in [1.29, 1.82) is 0 Å². The molecule has 0 radical (unpaired) electrons. The van der Waals surface area contributed by atoms with Crippen molar-refractivity contribution in [2.75, 3.05) is 0 Å². The highest BCUT2D eigenvalue weighted by atomic mass is 16.3. The molecule has 4 heterocycles. The largest absolute Gasteiger partial charge is 0.443 e. The summed E-state index contributed by atoms with van der Waals surface area (Å²) >= 11 is 0. The quantitative estimate of drug-likeness (QED) is 0.164. The summed E-state index contributed by atoms with van der Waals surface area (Å²) in [7, 11) is 0. The number of aromatic nitrogens is 4. The Kier molecular flexibility index (Phi) is 7.03. The van der Waals surface area contributed by atoms with Crippen LogP contribution < -0.4 is 0 Å². The molecule has 0 fully saturated rings. The molecular formula is C46H28N4O2. The van der Waals surface area contributed by atoms with E-state index in [0.717, 1.165) is 54.9 Å². The second-order valence-electron chi connectivity index (χ2n) is 12.7. The van der Waals surface area contributed by atoms with Crippen molar-refractivity contribution in [3.63, 3.8) is 0 Å². The molecule has 10 aromatic rings. The fourth-order valence-corrected chi connectivity index (χ4v) is 7.41. The average molecular weight is 669 g/mol. The van der Waals surface area contributed by atoms with E-state index in [1.54, 1.807) is 24.9 Å². The van der Waals surface area contributed by atoms with Crippen molar-refractivity contribution in [3.05, 3.63) is 171 Å². The van der Waals surface area contributed by atoms with Gasteiger partial charge in [-0.25, -0.2) is 9.97 Å². The summed E-state index contributed by atoms with van der Waals surface area (Å²) in [6, 6.07) is 47.5. The lowest BCUT2D eigenvalue weighted by molar-refractivity contribution is 0.572. The molecule has 0 atom stereocenters. The van der Waals surface area contributed by atoms with Crippen LogP contribution in [0.15, 0.2) is 180 Å². The maximum Gasteiger partial charge on any atom is 0.245 e. The van der Waals surface area contributed by atoms with E-state index < -0.39 is 0 Å². The van der Waals surface area contributed by atoms with Crippen LogP contribution in [0.5, 0.6) is 0 Å². The summed E-state index contributed by atoms with van der Waals surface area (Å²) < 4.78 is 11.3. The minimum atomic E-state index is 0.481. The molecule has 0 bridgehead atoms. The minimum absolute atomic E-state index is 0.481. The van der Waals surface area contributed by atoms with E-state index in [-0.39, 0.29) is 0 Å². The molecule has 6 aromatic carbocycles. The Hall–Kier alpha value is -7.18. The van der Waals surface area contributed by atoms with Gasteiger partial charge in [-0.1, -0.05) is 103 Å². The smallest absolute Gasteiger partial charge is 0.245 e. The third-order valence-corrected chi connectivity index (χ3v) is 9.74. The minimum Gasteiger partial charge on any atom is -0.443 e. The first-order valence-electron chi connectivity index (χ1n) is 17.1. The normalized spacial score (nSPS) is 11.5. The van der Waals surface area contributed by atoms with Gasteiger partial charge in [0.15, 0.2) is 0 Å². The molecule has 6 heteroatoms. The van der Waals surface area contributed by atoms with E-state index in [0.29, 0.717) is 23.2 Å². The van der Waals surface area contributed by atoms with Crippen LogP contribution in [0.1, 0.15) is 0 Å². The molecule has 0 aliphatic rings. The van der Waals surface area contributed by atoms with Crippen LogP contribution in [-0.4, -0.2) is 19.9 Å². The summed E-state index contributed by atoms with van der Waals surface area (Å²) in [6.45, 7) is 0. The van der Waals surface area contributed by atoms with Crippen LogP contribution in [0.25, 0.3) is 100.0 Å². The number of oxazole rings is 2. The van der Waals surface area contributed by atoms with Crippen LogP contribution >= 0.6 is 0 Å². The molecule has 4 aromatic heterocycles. The number of rotatable bonds is 6. The highest BCUT2D eigenvalue weighted by molar-refractivity contribution is 6.22. The first-order chi connectivity index (χ1) is 25.8. The molecule has 0 unspecified atom stereocenters. The van der Waals surface area contributed by atoms with E-state index in [1.165, 1.54) is 21.9 Å². The molecular weight excluding hydrogens is 641 g/mol. The van der Waals surface area contributed by atoms with Crippen molar-refractivity contribution in [2.24, 2.45) is 0 Å². The lowest BCUT2D eigenvalue weighted by Crippen LogP contribution is -1.94. The van der Waals surface area contributed by atoms with E-state index in [1.807, 2.05) is 12.4 Å². The molecule has 244 valence electrons. The highest BCUT2D eigenvalue weighted by Gasteiger charge is 2.20. The van der Waals surface area contributed by atoms with Gasteiger partial charge < -0.3 is 8.83 Å². The number of pyridine rings is 2. The topological polar surface area (TPSA) is 77.8 Å². The van der Waals surface area contributed by atoms with E-state index >= 15 is 0 Å². The molecule has 0 amide bonds. The number of benzene rings is 6. The fraction of sp³-hybridized carbons (Fsp3) is 0. The maximum absolute atomic E-state index is 5.65. The summed E-state index contributed by atoms with van der Waals surface area (Å²) in [5.74, 6) is 0.965. The first kappa shape index (κ1) is 29.7. The zero-order chi connectivity index (χ0) is 34.4.